The molecule has 1 fully saturated rings. The van der Waals surface area contributed by atoms with Gasteiger partial charge in [0.25, 0.3) is 5.91 Å². The van der Waals surface area contributed by atoms with Gasteiger partial charge in [-0.05, 0) is 49.7 Å². The molecule has 126 valence electrons. The minimum absolute atomic E-state index is 0.0183. The number of amides is 1. The van der Waals surface area contributed by atoms with Crippen LogP contribution in [0, 0.1) is 5.41 Å². The number of hydrogen-bond donors (Lipinski definition) is 2. The van der Waals surface area contributed by atoms with Crippen molar-refractivity contribution in [3.8, 4) is 5.75 Å². The monoisotopic (exact) mass is 338 g/mol. The van der Waals surface area contributed by atoms with Gasteiger partial charge in [0.15, 0.2) is 6.10 Å². The van der Waals surface area contributed by atoms with E-state index in [9.17, 15) is 4.79 Å². The summed E-state index contributed by atoms with van der Waals surface area (Å²) >= 11 is 5.99. The number of carbonyl (C=O) groups excluding carboxylic acids is 1. The Balaban J connectivity index is 1.57. The maximum absolute atomic E-state index is 12.5. The van der Waals surface area contributed by atoms with Gasteiger partial charge in [-0.2, -0.15) is 0 Å². The van der Waals surface area contributed by atoms with Gasteiger partial charge in [-0.3, -0.25) is 4.79 Å². The van der Waals surface area contributed by atoms with E-state index in [2.05, 4.69) is 10.6 Å². The van der Waals surface area contributed by atoms with Gasteiger partial charge in [-0.25, -0.2) is 0 Å². The smallest absolute Gasteiger partial charge is 0.261 e. The summed E-state index contributed by atoms with van der Waals surface area (Å²) in [5, 5.41) is 7.09. The fourth-order valence-electron chi connectivity index (χ4n) is 3.39. The van der Waals surface area contributed by atoms with Gasteiger partial charge in [0, 0.05) is 30.5 Å². The molecule has 6 heteroatoms. The lowest BCUT2D eigenvalue weighted by Gasteiger charge is -2.37. The normalized spacial score (nSPS) is 22.3. The number of hydrogen-bond acceptors (Lipinski definition) is 4. The Bertz CT molecular complexity index is 567. The van der Waals surface area contributed by atoms with E-state index in [0.29, 0.717) is 24.6 Å². The molecular formula is C17H23ClN2O3. The predicted molar refractivity (Wildman–Crippen MR) is 89.0 cm³/mol. The highest BCUT2D eigenvalue weighted by Gasteiger charge is 2.35. The van der Waals surface area contributed by atoms with Gasteiger partial charge in [-0.15, -0.1) is 0 Å². The Morgan fingerprint density at radius 2 is 2.26 bits per heavy atom. The van der Waals surface area contributed by atoms with Crippen LogP contribution in [-0.2, 0) is 16.0 Å². The van der Waals surface area contributed by atoms with Crippen molar-refractivity contribution in [3.63, 3.8) is 0 Å². The molecule has 1 aromatic rings. The van der Waals surface area contributed by atoms with Gasteiger partial charge in [0.1, 0.15) is 5.75 Å². The second-order valence-corrected chi connectivity index (χ2v) is 6.90. The van der Waals surface area contributed by atoms with Crippen LogP contribution in [-0.4, -0.2) is 45.4 Å². The third-order valence-corrected chi connectivity index (χ3v) is 4.98. The number of fused-ring (bicyclic) bond motifs is 1. The van der Waals surface area contributed by atoms with Crippen LogP contribution in [0.15, 0.2) is 18.2 Å². The Morgan fingerprint density at radius 1 is 1.48 bits per heavy atom. The van der Waals surface area contributed by atoms with Crippen LogP contribution in [0.1, 0.15) is 18.4 Å². The SMILES string of the molecule is COCC1(CNC(=O)C2Cc3cc(Cl)ccc3O2)CCNCC1. The quantitative estimate of drug-likeness (QED) is 0.859. The van der Waals surface area contributed by atoms with Gasteiger partial charge >= 0.3 is 0 Å². The molecule has 1 atom stereocenters. The first-order chi connectivity index (χ1) is 11.1. The number of methoxy groups -OCH3 is 1. The van der Waals surface area contributed by atoms with E-state index in [-0.39, 0.29) is 11.3 Å². The van der Waals surface area contributed by atoms with Crippen molar-refractivity contribution in [2.45, 2.75) is 25.4 Å². The molecule has 3 rings (SSSR count). The van der Waals surface area contributed by atoms with Crippen molar-refractivity contribution in [2.24, 2.45) is 5.41 Å². The summed E-state index contributed by atoms with van der Waals surface area (Å²) in [6.45, 7) is 3.21. The number of nitrogens with one attached hydrogen (secondary N) is 2. The summed E-state index contributed by atoms with van der Waals surface area (Å²) in [4.78, 5) is 12.5. The molecule has 2 aliphatic rings. The molecule has 0 bridgehead atoms. The first kappa shape index (κ1) is 16.6. The molecule has 1 unspecified atom stereocenters. The lowest BCUT2D eigenvalue weighted by Crippen LogP contribution is -2.49. The molecule has 1 aromatic carbocycles. The van der Waals surface area contributed by atoms with Gasteiger partial charge in [0.2, 0.25) is 0 Å². The third-order valence-electron chi connectivity index (χ3n) is 4.74. The first-order valence-electron chi connectivity index (χ1n) is 8.04. The summed E-state index contributed by atoms with van der Waals surface area (Å²) in [6.07, 6.45) is 2.11. The van der Waals surface area contributed by atoms with E-state index in [0.717, 1.165) is 37.2 Å². The topological polar surface area (TPSA) is 59.6 Å². The highest BCUT2D eigenvalue weighted by Crippen LogP contribution is 2.32. The zero-order valence-corrected chi connectivity index (χ0v) is 14.1. The number of rotatable bonds is 5. The first-order valence-corrected chi connectivity index (χ1v) is 8.42. The lowest BCUT2D eigenvalue weighted by molar-refractivity contribution is -0.128. The molecule has 1 saturated heterocycles. The van der Waals surface area contributed by atoms with Crippen LogP contribution in [0.3, 0.4) is 0 Å². The van der Waals surface area contributed by atoms with Crippen LogP contribution >= 0.6 is 11.6 Å². The number of halogens is 1. The predicted octanol–water partition coefficient (Wildman–Crippen LogP) is 1.78. The zero-order valence-electron chi connectivity index (χ0n) is 13.4. The molecule has 2 N–H and O–H groups in total. The Hall–Kier alpha value is -1.30. The summed E-state index contributed by atoms with van der Waals surface area (Å²) < 4.78 is 11.1. The molecule has 0 spiro atoms. The van der Waals surface area contributed by atoms with Crippen LogP contribution in [0.2, 0.25) is 5.02 Å². The fourth-order valence-corrected chi connectivity index (χ4v) is 3.58. The van der Waals surface area contributed by atoms with Crippen LogP contribution < -0.4 is 15.4 Å². The van der Waals surface area contributed by atoms with Crippen molar-refractivity contribution < 1.29 is 14.3 Å². The maximum atomic E-state index is 12.5. The van der Waals surface area contributed by atoms with E-state index in [1.165, 1.54) is 0 Å². The highest BCUT2D eigenvalue weighted by molar-refractivity contribution is 6.30. The Kier molecular flexibility index (Phi) is 5.09. The van der Waals surface area contributed by atoms with Crippen LogP contribution in [0.25, 0.3) is 0 Å². The Morgan fingerprint density at radius 3 is 3.00 bits per heavy atom. The molecule has 0 saturated carbocycles. The lowest BCUT2D eigenvalue weighted by atomic mass is 9.79. The minimum atomic E-state index is -0.468. The van der Waals surface area contributed by atoms with E-state index in [4.69, 9.17) is 21.1 Å². The average molecular weight is 339 g/mol. The van der Waals surface area contributed by atoms with Crippen LogP contribution in [0.5, 0.6) is 5.75 Å². The molecule has 2 aliphatic heterocycles. The standard InChI is InChI=1S/C17H23ClN2O3/c1-22-11-17(4-6-19-7-5-17)10-20-16(21)15-9-12-8-13(18)2-3-14(12)23-15/h2-3,8,15,19H,4-7,9-11H2,1H3,(H,20,21). The largest absolute Gasteiger partial charge is 0.480 e. The molecule has 0 aliphatic carbocycles. The number of carbonyl (C=O) groups is 1. The van der Waals surface area contributed by atoms with Crippen LogP contribution in [0.4, 0.5) is 0 Å². The minimum Gasteiger partial charge on any atom is -0.480 e. The maximum Gasteiger partial charge on any atom is 0.261 e. The summed E-state index contributed by atoms with van der Waals surface area (Å²) in [6, 6.07) is 5.47. The summed E-state index contributed by atoms with van der Waals surface area (Å²) in [7, 11) is 1.71. The van der Waals surface area contributed by atoms with Crippen molar-refractivity contribution in [1.82, 2.24) is 10.6 Å². The number of piperidine rings is 1. The third kappa shape index (κ3) is 3.79. The number of ether oxygens (including phenoxy) is 2. The van der Waals surface area contributed by atoms with Gasteiger partial charge in [-0.1, -0.05) is 11.6 Å². The van der Waals surface area contributed by atoms with E-state index in [1.54, 1.807) is 13.2 Å². The molecule has 0 radical (unpaired) electrons. The number of benzene rings is 1. The molecule has 5 nitrogen and oxygen atoms in total. The molecule has 23 heavy (non-hydrogen) atoms. The van der Waals surface area contributed by atoms with Crippen molar-refractivity contribution in [3.05, 3.63) is 28.8 Å². The second kappa shape index (κ2) is 7.07. The fraction of sp³-hybridized carbons (Fsp3) is 0.588. The summed E-state index contributed by atoms with van der Waals surface area (Å²) in [5.74, 6) is 0.689. The average Bonchev–Trinajstić information content (AvgIpc) is 2.97. The Labute approximate surface area is 141 Å². The van der Waals surface area contributed by atoms with Gasteiger partial charge < -0.3 is 20.1 Å². The van der Waals surface area contributed by atoms with E-state index < -0.39 is 6.10 Å². The van der Waals surface area contributed by atoms with E-state index >= 15 is 0 Å². The molecular weight excluding hydrogens is 316 g/mol. The van der Waals surface area contributed by atoms with Crippen molar-refractivity contribution in [1.29, 1.82) is 0 Å². The molecule has 2 heterocycles. The zero-order chi connectivity index (χ0) is 16.3. The van der Waals surface area contributed by atoms with Crippen molar-refractivity contribution in [2.75, 3.05) is 33.4 Å². The van der Waals surface area contributed by atoms with Crippen molar-refractivity contribution >= 4 is 17.5 Å². The second-order valence-electron chi connectivity index (χ2n) is 6.46. The molecule has 1 amide bonds. The molecule has 0 aromatic heterocycles. The van der Waals surface area contributed by atoms with Gasteiger partial charge in [0.05, 0.1) is 6.61 Å². The summed E-state index contributed by atoms with van der Waals surface area (Å²) in [5.41, 5.74) is 1.01. The highest BCUT2D eigenvalue weighted by atomic mass is 35.5. The van der Waals surface area contributed by atoms with E-state index in [1.807, 2.05) is 12.1 Å².